The van der Waals surface area contributed by atoms with E-state index in [1.165, 1.54) is 23.5 Å². The van der Waals surface area contributed by atoms with Crippen molar-refractivity contribution in [2.45, 2.75) is 71.1 Å². The molecule has 0 radical (unpaired) electrons. The van der Waals surface area contributed by atoms with Crippen LogP contribution in [0, 0.1) is 11.8 Å². The highest BCUT2D eigenvalue weighted by Gasteiger charge is 2.32. The molecule has 0 aromatic rings. The molecule has 6 N–H and O–H groups in total. The zero-order valence-electron chi connectivity index (χ0n) is 20.0. The zero-order valence-corrected chi connectivity index (χ0v) is 21.6. The number of carboxylic acids is 1. The van der Waals surface area contributed by atoms with Crippen molar-refractivity contribution in [1.29, 1.82) is 0 Å². The number of carbonyl (C=O) groups excluding carboxylic acids is 3. The van der Waals surface area contributed by atoms with E-state index in [1.807, 2.05) is 40.2 Å². The van der Waals surface area contributed by atoms with E-state index in [-0.39, 0.29) is 18.3 Å². The van der Waals surface area contributed by atoms with E-state index < -0.39 is 47.9 Å². The number of carboxylic acid groups (broad SMARTS) is 1. The fraction of sp³-hybridized carbons (Fsp3) is 0.810. The van der Waals surface area contributed by atoms with Crippen LogP contribution >= 0.6 is 23.5 Å². The molecule has 0 aliphatic carbocycles. The van der Waals surface area contributed by atoms with Gasteiger partial charge < -0.3 is 26.8 Å². The van der Waals surface area contributed by atoms with E-state index in [4.69, 9.17) is 5.73 Å². The van der Waals surface area contributed by atoms with Gasteiger partial charge in [-0.1, -0.05) is 34.1 Å². The Kier molecular flexibility index (Phi) is 15.5. The van der Waals surface area contributed by atoms with E-state index in [2.05, 4.69) is 16.0 Å². The van der Waals surface area contributed by atoms with Crippen LogP contribution in [0.3, 0.4) is 0 Å². The summed E-state index contributed by atoms with van der Waals surface area (Å²) < 4.78 is 0. The van der Waals surface area contributed by atoms with Gasteiger partial charge in [-0.25, -0.2) is 4.79 Å². The highest BCUT2D eigenvalue weighted by Crippen LogP contribution is 2.11. The number of hydrogen-bond acceptors (Lipinski definition) is 7. The SMILES string of the molecule is CCC(C)C(NC(=O)C(CCSC)NC(=O)C(N)C(C)C)C(=O)NC(CCSC)C(=O)O. The topological polar surface area (TPSA) is 151 Å². The predicted octanol–water partition coefficient (Wildman–Crippen LogP) is 1.06. The summed E-state index contributed by atoms with van der Waals surface area (Å²) in [6, 6.07) is -3.54. The van der Waals surface area contributed by atoms with Crippen LogP contribution in [0.15, 0.2) is 0 Å². The summed E-state index contributed by atoms with van der Waals surface area (Å²) in [7, 11) is 0. The minimum atomic E-state index is -1.12. The van der Waals surface area contributed by atoms with Gasteiger partial charge in [-0.15, -0.1) is 0 Å². The Morgan fingerprint density at radius 2 is 1.34 bits per heavy atom. The number of thioether (sulfide) groups is 2. The maximum absolute atomic E-state index is 13.0. The van der Waals surface area contributed by atoms with Gasteiger partial charge in [0.2, 0.25) is 17.7 Å². The zero-order chi connectivity index (χ0) is 24.8. The van der Waals surface area contributed by atoms with Crippen molar-refractivity contribution in [3.05, 3.63) is 0 Å². The lowest BCUT2D eigenvalue weighted by Gasteiger charge is -2.28. The highest BCUT2D eigenvalue weighted by molar-refractivity contribution is 7.98. The third-order valence-electron chi connectivity index (χ3n) is 5.28. The van der Waals surface area contributed by atoms with Crippen LogP contribution in [-0.2, 0) is 19.2 Å². The summed E-state index contributed by atoms with van der Waals surface area (Å²) in [5.74, 6) is -1.68. The molecule has 0 bridgehead atoms. The van der Waals surface area contributed by atoms with Crippen LogP contribution in [-0.4, -0.2) is 77.0 Å². The van der Waals surface area contributed by atoms with Gasteiger partial charge in [-0.05, 0) is 48.7 Å². The number of rotatable bonds is 16. The molecule has 0 heterocycles. The first-order valence-corrected chi connectivity index (χ1v) is 13.7. The van der Waals surface area contributed by atoms with Crippen molar-refractivity contribution < 1.29 is 24.3 Å². The van der Waals surface area contributed by atoms with Gasteiger partial charge in [0, 0.05) is 0 Å². The van der Waals surface area contributed by atoms with Crippen LogP contribution in [0.4, 0.5) is 0 Å². The molecule has 0 aromatic carbocycles. The molecule has 11 heteroatoms. The van der Waals surface area contributed by atoms with Crippen LogP contribution in [0.5, 0.6) is 0 Å². The molecule has 186 valence electrons. The molecule has 5 atom stereocenters. The number of carbonyl (C=O) groups is 4. The van der Waals surface area contributed by atoms with E-state index in [1.54, 1.807) is 0 Å². The minimum absolute atomic E-state index is 0.0906. The normalized spacial score (nSPS) is 15.9. The summed E-state index contributed by atoms with van der Waals surface area (Å²) in [6.07, 6.45) is 5.01. The Morgan fingerprint density at radius 1 is 0.844 bits per heavy atom. The molecule has 0 rings (SSSR count). The van der Waals surface area contributed by atoms with Gasteiger partial charge in [0.25, 0.3) is 0 Å². The number of aliphatic carboxylic acids is 1. The summed E-state index contributed by atoms with van der Waals surface area (Å²) in [5, 5.41) is 17.4. The molecule has 0 aromatic heterocycles. The second-order valence-electron chi connectivity index (χ2n) is 8.17. The Labute approximate surface area is 200 Å². The Bertz CT molecular complexity index is 621. The van der Waals surface area contributed by atoms with Crippen molar-refractivity contribution in [3.63, 3.8) is 0 Å². The smallest absolute Gasteiger partial charge is 0.326 e. The molecule has 32 heavy (non-hydrogen) atoms. The second kappa shape index (κ2) is 16.2. The van der Waals surface area contributed by atoms with Gasteiger partial charge in [0.1, 0.15) is 18.1 Å². The van der Waals surface area contributed by atoms with Crippen molar-refractivity contribution in [1.82, 2.24) is 16.0 Å². The lowest BCUT2D eigenvalue weighted by molar-refractivity contribution is -0.142. The van der Waals surface area contributed by atoms with Crippen molar-refractivity contribution in [3.8, 4) is 0 Å². The largest absolute Gasteiger partial charge is 0.480 e. The van der Waals surface area contributed by atoms with Crippen LogP contribution in [0.25, 0.3) is 0 Å². The van der Waals surface area contributed by atoms with Crippen LogP contribution in [0.2, 0.25) is 0 Å². The maximum atomic E-state index is 13.0. The molecule has 9 nitrogen and oxygen atoms in total. The number of hydrogen-bond donors (Lipinski definition) is 5. The molecular formula is C21H40N4O5S2. The van der Waals surface area contributed by atoms with Gasteiger partial charge in [0.05, 0.1) is 6.04 Å². The first-order valence-electron chi connectivity index (χ1n) is 10.9. The molecular weight excluding hydrogens is 452 g/mol. The Balaban J connectivity index is 5.47. The van der Waals surface area contributed by atoms with Gasteiger partial charge in [-0.2, -0.15) is 23.5 Å². The highest BCUT2D eigenvalue weighted by atomic mass is 32.2. The fourth-order valence-corrected chi connectivity index (χ4v) is 3.73. The standard InChI is InChI=1S/C21H40N4O5S2/c1-7-13(4)17(20(28)24-15(21(29)30)9-11-32-6)25-18(26)14(8-10-31-5)23-19(27)16(22)12(2)3/h12-17H,7-11,22H2,1-6H3,(H,23,27)(H,24,28)(H,25,26)(H,29,30). The molecule has 0 saturated carbocycles. The average Bonchev–Trinajstić information content (AvgIpc) is 2.75. The molecule has 0 spiro atoms. The molecule has 0 saturated heterocycles. The Morgan fingerprint density at radius 3 is 1.78 bits per heavy atom. The van der Waals surface area contributed by atoms with Crippen molar-refractivity contribution in [2.24, 2.45) is 17.6 Å². The lowest BCUT2D eigenvalue weighted by atomic mass is 9.97. The first-order chi connectivity index (χ1) is 15.0. The summed E-state index contributed by atoms with van der Waals surface area (Å²) in [5.41, 5.74) is 5.91. The lowest BCUT2D eigenvalue weighted by Crippen LogP contribution is -2.59. The van der Waals surface area contributed by atoms with Crippen molar-refractivity contribution in [2.75, 3.05) is 24.0 Å². The minimum Gasteiger partial charge on any atom is -0.480 e. The van der Waals surface area contributed by atoms with Crippen LogP contribution < -0.4 is 21.7 Å². The predicted molar refractivity (Wildman–Crippen MR) is 132 cm³/mol. The van der Waals surface area contributed by atoms with E-state index in [0.717, 1.165) is 0 Å². The molecule has 0 fully saturated rings. The van der Waals surface area contributed by atoms with Crippen LogP contribution in [0.1, 0.15) is 47.0 Å². The van der Waals surface area contributed by atoms with E-state index in [9.17, 15) is 24.3 Å². The quantitative estimate of drug-likeness (QED) is 0.215. The first kappa shape index (κ1) is 30.5. The number of nitrogens with one attached hydrogen (secondary N) is 3. The summed E-state index contributed by atoms with van der Waals surface area (Å²) in [4.78, 5) is 49.9. The van der Waals surface area contributed by atoms with Gasteiger partial charge >= 0.3 is 5.97 Å². The fourth-order valence-electron chi connectivity index (χ4n) is 2.79. The average molecular weight is 493 g/mol. The van der Waals surface area contributed by atoms with Gasteiger partial charge in [0.15, 0.2) is 0 Å². The third kappa shape index (κ3) is 10.9. The third-order valence-corrected chi connectivity index (χ3v) is 6.57. The monoisotopic (exact) mass is 492 g/mol. The maximum Gasteiger partial charge on any atom is 0.326 e. The molecule has 5 unspecified atom stereocenters. The van der Waals surface area contributed by atoms with E-state index >= 15 is 0 Å². The molecule has 0 aliphatic heterocycles. The molecule has 0 aliphatic rings. The van der Waals surface area contributed by atoms with Gasteiger partial charge in [-0.3, -0.25) is 14.4 Å². The molecule has 3 amide bonds. The second-order valence-corrected chi connectivity index (χ2v) is 10.1. The summed E-state index contributed by atoms with van der Waals surface area (Å²) in [6.45, 7) is 7.33. The Hall–Kier alpha value is -1.46. The van der Waals surface area contributed by atoms with Crippen molar-refractivity contribution >= 4 is 47.2 Å². The summed E-state index contributed by atoms with van der Waals surface area (Å²) >= 11 is 3.02. The number of nitrogens with two attached hydrogens (primary N) is 1. The van der Waals surface area contributed by atoms with E-state index in [0.29, 0.717) is 24.3 Å². The number of amides is 3.